The largest absolute Gasteiger partial charge is 0.492 e. The first-order valence-corrected chi connectivity index (χ1v) is 10.1. The van der Waals surface area contributed by atoms with E-state index in [4.69, 9.17) is 21.6 Å². The summed E-state index contributed by atoms with van der Waals surface area (Å²) in [6, 6.07) is 3.56. The molecule has 146 valence electrons. The second kappa shape index (κ2) is 7.60. The van der Waals surface area contributed by atoms with Gasteiger partial charge in [-0.3, -0.25) is 0 Å². The molecule has 28 heavy (non-hydrogen) atoms. The summed E-state index contributed by atoms with van der Waals surface area (Å²) in [7, 11) is 0. The van der Waals surface area contributed by atoms with E-state index in [0.717, 1.165) is 34.0 Å². The summed E-state index contributed by atoms with van der Waals surface area (Å²) in [6.07, 6.45) is 0.912. The van der Waals surface area contributed by atoms with Crippen LogP contribution in [0.4, 0.5) is 10.6 Å². The lowest BCUT2D eigenvalue weighted by Gasteiger charge is -2.40. The third kappa shape index (κ3) is 3.31. The van der Waals surface area contributed by atoms with E-state index in [9.17, 15) is 9.90 Å². The van der Waals surface area contributed by atoms with Crippen LogP contribution in [0, 0.1) is 11.3 Å². The fourth-order valence-electron chi connectivity index (χ4n) is 3.85. The number of hydrogen-bond donors (Lipinski definition) is 1. The van der Waals surface area contributed by atoms with Crippen LogP contribution < -0.4 is 9.64 Å². The van der Waals surface area contributed by atoms with Crippen molar-refractivity contribution in [3.8, 4) is 11.8 Å². The molecule has 0 saturated carbocycles. The molecule has 3 heterocycles. The van der Waals surface area contributed by atoms with E-state index in [1.165, 1.54) is 4.90 Å². The number of amides is 1. The Morgan fingerprint density at radius 1 is 1.46 bits per heavy atom. The highest BCUT2D eigenvalue weighted by Gasteiger charge is 2.33. The minimum Gasteiger partial charge on any atom is -0.492 e. The lowest BCUT2D eigenvalue weighted by atomic mass is 10.0. The summed E-state index contributed by atoms with van der Waals surface area (Å²) in [5.74, 6) is 1.37. The van der Waals surface area contributed by atoms with Crippen molar-refractivity contribution in [3.05, 3.63) is 21.4 Å². The molecule has 0 radical (unpaired) electrons. The molecule has 2 aliphatic rings. The minimum atomic E-state index is -1.02. The van der Waals surface area contributed by atoms with Gasteiger partial charge in [0.1, 0.15) is 11.6 Å². The highest BCUT2D eigenvalue weighted by molar-refractivity contribution is 9.10. The van der Waals surface area contributed by atoms with Gasteiger partial charge in [-0.15, -0.1) is 0 Å². The van der Waals surface area contributed by atoms with Gasteiger partial charge in [0.05, 0.1) is 36.0 Å². The normalized spacial score (nSPS) is 19.1. The number of nitriles is 1. The van der Waals surface area contributed by atoms with Crippen LogP contribution in [0.25, 0.3) is 10.9 Å². The first-order valence-electron chi connectivity index (χ1n) is 8.92. The molecule has 1 aromatic carbocycles. The Kier molecular flexibility index (Phi) is 5.17. The Hall–Kier alpha value is -2.31. The van der Waals surface area contributed by atoms with Crippen molar-refractivity contribution >= 4 is 50.3 Å². The molecule has 10 heteroatoms. The van der Waals surface area contributed by atoms with Gasteiger partial charge < -0.3 is 19.6 Å². The summed E-state index contributed by atoms with van der Waals surface area (Å²) < 4.78 is 6.91. The number of anilines is 1. The standard InChI is InChI=1S/C18H17BrClN5O3/c19-12-8-13-14(15-11(12)2-1-7-28-15)16(23-17(20)22-13)24-5-6-25(18(26)27)10(9-24)3-4-21/h8,10H,1-3,5-7,9H2,(H,26,27)/t10-/m0/s1. The molecule has 0 spiro atoms. The van der Waals surface area contributed by atoms with E-state index in [1.807, 2.05) is 11.0 Å². The van der Waals surface area contributed by atoms with Crippen molar-refractivity contribution in [2.24, 2.45) is 0 Å². The zero-order chi connectivity index (χ0) is 19.8. The summed E-state index contributed by atoms with van der Waals surface area (Å²) in [6.45, 7) is 1.70. The monoisotopic (exact) mass is 465 g/mol. The summed E-state index contributed by atoms with van der Waals surface area (Å²) in [5.41, 5.74) is 1.74. The quantitative estimate of drug-likeness (QED) is 0.676. The van der Waals surface area contributed by atoms with Gasteiger partial charge in [0.15, 0.2) is 0 Å². The Morgan fingerprint density at radius 2 is 2.29 bits per heavy atom. The van der Waals surface area contributed by atoms with E-state index in [0.29, 0.717) is 31.0 Å². The minimum absolute atomic E-state index is 0.111. The Bertz CT molecular complexity index is 996. The van der Waals surface area contributed by atoms with Crippen molar-refractivity contribution in [1.82, 2.24) is 14.9 Å². The van der Waals surface area contributed by atoms with Crippen LogP contribution in [0.2, 0.25) is 5.28 Å². The van der Waals surface area contributed by atoms with Crippen LogP contribution in [0.3, 0.4) is 0 Å². The van der Waals surface area contributed by atoms with Gasteiger partial charge in [0.2, 0.25) is 5.28 Å². The zero-order valence-corrected chi connectivity index (χ0v) is 17.2. The van der Waals surface area contributed by atoms with E-state index in [-0.39, 0.29) is 18.2 Å². The van der Waals surface area contributed by atoms with Crippen molar-refractivity contribution in [2.75, 3.05) is 31.1 Å². The molecule has 2 aliphatic heterocycles. The number of piperazine rings is 1. The number of rotatable bonds is 2. The molecule has 1 aromatic heterocycles. The molecular weight excluding hydrogens is 450 g/mol. The van der Waals surface area contributed by atoms with Crippen LogP contribution in [0.5, 0.6) is 5.75 Å². The predicted molar refractivity (Wildman–Crippen MR) is 107 cm³/mol. The molecular formula is C18H17BrClN5O3. The lowest BCUT2D eigenvalue weighted by Crippen LogP contribution is -2.55. The molecule has 1 N–H and O–H groups in total. The number of hydrogen-bond acceptors (Lipinski definition) is 6. The number of carboxylic acid groups (broad SMARTS) is 1. The number of benzene rings is 1. The third-order valence-electron chi connectivity index (χ3n) is 5.12. The lowest BCUT2D eigenvalue weighted by molar-refractivity contribution is 0.119. The smallest absolute Gasteiger partial charge is 0.407 e. The van der Waals surface area contributed by atoms with Crippen LogP contribution in [0.1, 0.15) is 18.4 Å². The number of nitrogens with zero attached hydrogens (tertiary/aromatic N) is 5. The summed E-state index contributed by atoms with van der Waals surface area (Å²) in [5, 5.41) is 19.4. The van der Waals surface area contributed by atoms with Gasteiger partial charge in [-0.1, -0.05) is 15.9 Å². The number of carbonyl (C=O) groups is 1. The van der Waals surface area contributed by atoms with Gasteiger partial charge in [-0.05, 0) is 30.5 Å². The predicted octanol–water partition coefficient (Wildman–Crippen LogP) is 3.45. The van der Waals surface area contributed by atoms with E-state index >= 15 is 0 Å². The van der Waals surface area contributed by atoms with Gasteiger partial charge in [-0.2, -0.15) is 10.2 Å². The van der Waals surface area contributed by atoms with E-state index < -0.39 is 12.1 Å². The van der Waals surface area contributed by atoms with Crippen molar-refractivity contribution in [3.63, 3.8) is 0 Å². The average Bonchev–Trinajstić information content (AvgIpc) is 2.67. The van der Waals surface area contributed by atoms with Gasteiger partial charge in [-0.25, -0.2) is 9.78 Å². The number of fused-ring (bicyclic) bond motifs is 3. The van der Waals surface area contributed by atoms with Gasteiger partial charge in [0.25, 0.3) is 0 Å². The number of halogens is 2. The topological polar surface area (TPSA) is 103 Å². The Morgan fingerprint density at radius 3 is 3.04 bits per heavy atom. The van der Waals surface area contributed by atoms with Gasteiger partial charge >= 0.3 is 6.09 Å². The maximum Gasteiger partial charge on any atom is 0.407 e. The first kappa shape index (κ1) is 19.0. The van der Waals surface area contributed by atoms with Crippen LogP contribution in [-0.4, -0.2) is 58.4 Å². The Labute approximate surface area is 174 Å². The summed E-state index contributed by atoms with van der Waals surface area (Å²) >= 11 is 9.79. The first-order chi connectivity index (χ1) is 13.5. The number of aromatic nitrogens is 2. The summed E-state index contributed by atoms with van der Waals surface area (Å²) in [4.78, 5) is 23.6. The van der Waals surface area contributed by atoms with Crippen molar-refractivity contribution in [1.29, 1.82) is 5.26 Å². The molecule has 0 bridgehead atoms. The van der Waals surface area contributed by atoms with Gasteiger partial charge in [0, 0.05) is 29.7 Å². The maximum atomic E-state index is 11.5. The molecule has 1 amide bonds. The van der Waals surface area contributed by atoms with Crippen LogP contribution in [0.15, 0.2) is 10.5 Å². The highest BCUT2D eigenvalue weighted by atomic mass is 79.9. The number of ether oxygens (including phenoxy) is 1. The molecule has 1 fully saturated rings. The molecule has 1 atom stereocenters. The molecule has 1 saturated heterocycles. The van der Waals surface area contributed by atoms with E-state index in [1.54, 1.807) is 0 Å². The Balaban J connectivity index is 1.82. The fraction of sp³-hybridized carbons (Fsp3) is 0.444. The maximum absolute atomic E-state index is 11.5. The molecule has 4 rings (SSSR count). The van der Waals surface area contributed by atoms with Crippen molar-refractivity contribution < 1.29 is 14.6 Å². The molecule has 8 nitrogen and oxygen atoms in total. The average molecular weight is 467 g/mol. The van der Waals surface area contributed by atoms with Crippen LogP contribution in [-0.2, 0) is 6.42 Å². The van der Waals surface area contributed by atoms with E-state index in [2.05, 4.69) is 32.0 Å². The molecule has 0 aliphatic carbocycles. The second-order valence-corrected chi connectivity index (χ2v) is 7.96. The molecule has 2 aromatic rings. The molecule has 0 unspecified atom stereocenters. The zero-order valence-electron chi connectivity index (χ0n) is 14.9. The second-order valence-electron chi connectivity index (χ2n) is 6.77. The van der Waals surface area contributed by atoms with Crippen LogP contribution >= 0.6 is 27.5 Å². The van der Waals surface area contributed by atoms with Crippen molar-refractivity contribution in [2.45, 2.75) is 25.3 Å². The highest BCUT2D eigenvalue weighted by Crippen LogP contribution is 2.42. The third-order valence-corrected chi connectivity index (χ3v) is 5.99. The SMILES string of the molecule is N#CC[C@H]1CN(c2nc(Cl)nc3cc(Br)c4c(c23)OCCC4)CCN1C(=O)O. The fourth-order valence-corrected chi connectivity index (χ4v) is 4.62.